The number of anilines is 1. The van der Waals surface area contributed by atoms with Gasteiger partial charge in [-0.1, -0.05) is 59.3 Å². The topological polar surface area (TPSA) is 103 Å². The van der Waals surface area contributed by atoms with Crippen LogP contribution >= 0.6 is 23.4 Å². The van der Waals surface area contributed by atoms with Crippen molar-refractivity contribution in [2.24, 2.45) is 0 Å². The van der Waals surface area contributed by atoms with Gasteiger partial charge in [-0.25, -0.2) is 0 Å². The molecule has 0 radical (unpaired) electrons. The average Bonchev–Trinajstić information content (AvgIpc) is 3.41. The van der Waals surface area contributed by atoms with E-state index in [0.29, 0.717) is 35.4 Å². The van der Waals surface area contributed by atoms with Crippen molar-refractivity contribution in [2.45, 2.75) is 32.0 Å². The number of tetrazole rings is 1. The van der Waals surface area contributed by atoms with E-state index in [-0.39, 0.29) is 12.5 Å². The number of nitrogens with zero attached hydrogens (tertiary/aromatic N) is 4. The zero-order chi connectivity index (χ0) is 27.5. The lowest BCUT2D eigenvalue weighted by Crippen LogP contribution is -2.20. The Morgan fingerprint density at radius 2 is 1.87 bits per heavy atom. The van der Waals surface area contributed by atoms with Crippen LogP contribution in [0.5, 0.6) is 11.5 Å². The minimum absolute atomic E-state index is 0.184. The lowest BCUT2D eigenvalue weighted by atomic mass is 10.2. The lowest BCUT2D eigenvalue weighted by Gasteiger charge is -2.15. The highest BCUT2D eigenvalue weighted by atomic mass is 35.5. The number of nitrogens with one attached hydrogen (secondary N) is 2. The van der Waals surface area contributed by atoms with Crippen LogP contribution < -0.4 is 20.1 Å². The molecule has 1 aromatic heterocycles. The second-order valence-electron chi connectivity index (χ2n) is 8.63. The van der Waals surface area contributed by atoms with E-state index >= 15 is 0 Å². The fourth-order valence-corrected chi connectivity index (χ4v) is 4.81. The van der Waals surface area contributed by atoms with Gasteiger partial charge in [0.25, 0.3) is 5.91 Å². The van der Waals surface area contributed by atoms with E-state index in [2.05, 4.69) is 26.2 Å². The Bertz CT molecular complexity index is 1350. The van der Waals surface area contributed by atoms with Crippen molar-refractivity contribution in [2.75, 3.05) is 30.8 Å². The maximum Gasteiger partial charge on any atom is 0.262 e. The summed E-state index contributed by atoms with van der Waals surface area (Å²) in [5.41, 5.74) is 3.72. The Labute approximate surface area is 237 Å². The fourth-order valence-electron chi connectivity index (χ4n) is 3.69. The third-order valence-electron chi connectivity index (χ3n) is 5.55. The monoisotopic (exact) mass is 566 g/mol. The first-order chi connectivity index (χ1) is 19.0. The first kappa shape index (κ1) is 28.4. The second kappa shape index (κ2) is 14.5. The van der Waals surface area contributed by atoms with Crippen LogP contribution in [-0.4, -0.2) is 51.6 Å². The van der Waals surface area contributed by atoms with Gasteiger partial charge in [-0.05, 0) is 79.2 Å². The number of thioether (sulfide) groups is 1. The summed E-state index contributed by atoms with van der Waals surface area (Å²) in [6.45, 7) is 5.55. The summed E-state index contributed by atoms with van der Waals surface area (Å²) in [6.07, 6.45) is 0.926. The molecule has 0 fully saturated rings. The number of aromatic nitrogens is 4. The van der Waals surface area contributed by atoms with Crippen LogP contribution in [-0.2, 0) is 11.3 Å². The van der Waals surface area contributed by atoms with Crippen molar-refractivity contribution < 1.29 is 14.3 Å². The summed E-state index contributed by atoms with van der Waals surface area (Å²) >= 11 is 8.14. The molecule has 0 atom stereocenters. The molecule has 0 saturated carbocycles. The molecule has 0 bridgehead atoms. The predicted molar refractivity (Wildman–Crippen MR) is 154 cm³/mol. The molecule has 1 heterocycles. The van der Waals surface area contributed by atoms with Gasteiger partial charge in [-0.3, -0.25) is 4.79 Å². The Morgan fingerprint density at radius 3 is 2.64 bits per heavy atom. The molecule has 11 heteroatoms. The van der Waals surface area contributed by atoms with Gasteiger partial charge in [0.1, 0.15) is 0 Å². The molecule has 3 aromatic carbocycles. The summed E-state index contributed by atoms with van der Waals surface area (Å²) < 4.78 is 13.3. The van der Waals surface area contributed by atoms with Crippen LogP contribution in [0.2, 0.25) is 5.02 Å². The minimum atomic E-state index is -0.279. The summed E-state index contributed by atoms with van der Waals surface area (Å²) in [5, 5.41) is 19.4. The van der Waals surface area contributed by atoms with E-state index in [1.54, 1.807) is 16.4 Å². The van der Waals surface area contributed by atoms with Gasteiger partial charge in [-0.15, -0.1) is 5.10 Å². The molecule has 2 N–H and O–H groups in total. The van der Waals surface area contributed by atoms with Crippen LogP contribution in [0.4, 0.5) is 5.69 Å². The van der Waals surface area contributed by atoms with E-state index < -0.39 is 0 Å². The third kappa shape index (κ3) is 8.44. The summed E-state index contributed by atoms with van der Waals surface area (Å²) in [5.74, 6) is 1.45. The van der Waals surface area contributed by atoms with Crippen LogP contribution in [0, 0.1) is 6.92 Å². The number of hydrogen-bond donors (Lipinski definition) is 2. The number of rotatable bonds is 14. The van der Waals surface area contributed by atoms with Crippen molar-refractivity contribution >= 4 is 35.0 Å². The number of benzene rings is 3. The van der Waals surface area contributed by atoms with Crippen molar-refractivity contribution in [1.82, 2.24) is 25.5 Å². The number of para-hydroxylation sites is 1. The summed E-state index contributed by atoms with van der Waals surface area (Å²) in [7, 11) is 0. The van der Waals surface area contributed by atoms with Crippen LogP contribution in [0.3, 0.4) is 0 Å². The first-order valence-electron chi connectivity index (χ1n) is 12.7. The van der Waals surface area contributed by atoms with Crippen LogP contribution in [0.15, 0.2) is 71.9 Å². The summed E-state index contributed by atoms with van der Waals surface area (Å²) in [4.78, 5) is 12.4. The Morgan fingerprint density at radius 1 is 1.08 bits per heavy atom. The van der Waals surface area contributed by atoms with Crippen LogP contribution in [0.1, 0.15) is 24.5 Å². The van der Waals surface area contributed by atoms with E-state index in [4.69, 9.17) is 21.1 Å². The van der Waals surface area contributed by atoms with Gasteiger partial charge in [0, 0.05) is 18.0 Å². The molecule has 204 valence electrons. The number of halogens is 1. The van der Waals surface area contributed by atoms with Gasteiger partial charge in [0.15, 0.2) is 18.1 Å². The third-order valence-corrected chi connectivity index (χ3v) is 6.84. The molecule has 39 heavy (non-hydrogen) atoms. The zero-order valence-electron chi connectivity index (χ0n) is 21.9. The standard InChI is InChI=1S/C28H31ClN6O3S/c1-3-37-25-17-21(16-24(29)27(25)38-19-26(36)31-22-12-10-20(2)11-13-22)18-30-14-7-15-39-28-32-33-34-35(28)23-8-5-4-6-9-23/h4-6,8-13,16-17,30H,3,7,14-15,18-19H2,1-2H3,(H,31,36). The van der Waals surface area contributed by atoms with Gasteiger partial charge in [0.2, 0.25) is 5.16 Å². The molecule has 0 saturated heterocycles. The largest absolute Gasteiger partial charge is 0.490 e. The maximum atomic E-state index is 12.4. The number of ether oxygens (including phenoxy) is 2. The van der Waals surface area contributed by atoms with Gasteiger partial charge in [-0.2, -0.15) is 4.68 Å². The molecular weight excluding hydrogens is 536 g/mol. The van der Waals surface area contributed by atoms with Crippen molar-refractivity contribution in [1.29, 1.82) is 0 Å². The lowest BCUT2D eigenvalue weighted by molar-refractivity contribution is -0.118. The first-order valence-corrected chi connectivity index (χ1v) is 14.0. The number of aryl methyl sites for hydroxylation is 1. The quantitative estimate of drug-likeness (QED) is 0.156. The second-order valence-corrected chi connectivity index (χ2v) is 10.1. The highest BCUT2D eigenvalue weighted by molar-refractivity contribution is 7.99. The Hall–Kier alpha value is -3.60. The Balaban J connectivity index is 1.24. The zero-order valence-corrected chi connectivity index (χ0v) is 23.5. The average molecular weight is 567 g/mol. The smallest absolute Gasteiger partial charge is 0.262 e. The number of hydrogen-bond acceptors (Lipinski definition) is 8. The fraction of sp³-hybridized carbons (Fsp3) is 0.286. The molecule has 0 aliphatic heterocycles. The molecule has 0 spiro atoms. The molecule has 0 unspecified atom stereocenters. The molecule has 0 aliphatic carbocycles. The van der Waals surface area contributed by atoms with Crippen LogP contribution in [0.25, 0.3) is 5.69 Å². The van der Waals surface area contributed by atoms with Gasteiger partial charge >= 0.3 is 0 Å². The number of carbonyl (C=O) groups excluding carboxylic acids is 1. The molecular formula is C28H31ClN6O3S. The summed E-state index contributed by atoms with van der Waals surface area (Å²) in [6, 6.07) is 21.1. The van der Waals surface area contributed by atoms with E-state index in [9.17, 15) is 4.79 Å². The van der Waals surface area contributed by atoms with Gasteiger partial charge in [0.05, 0.1) is 17.3 Å². The number of carbonyl (C=O) groups is 1. The predicted octanol–water partition coefficient (Wildman–Crippen LogP) is 5.31. The normalized spacial score (nSPS) is 10.8. The number of amides is 1. The van der Waals surface area contributed by atoms with E-state index in [0.717, 1.165) is 40.7 Å². The molecule has 4 rings (SSSR count). The Kier molecular flexibility index (Phi) is 10.6. The molecule has 0 aliphatic rings. The van der Waals surface area contributed by atoms with Crippen molar-refractivity contribution in [3.8, 4) is 17.2 Å². The molecule has 9 nitrogen and oxygen atoms in total. The molecule has 4 aromatic rings. The SMILES string of the molecule is CCOc1cc(CNCCCSc2nnnn2-c2ccccc2)cc(Cl)c1OCC(=O)Nc1ccc(C)cc1. The van der Waals surface area contributed by atoms with Gasteiger partial charge < -0.3 is 20.1 Å². The minimum Gasteiger partial charge on any atom is -0.490 e. The highest BCUT2D eigenvalue weighted by Gasteiger charge is 2.15. The highest BCUT2D eigenvalue weighted by Crippen LogP contribution is 2.36. The van der Waals surface area contributed by atoms with E-state index in [1.165, 1.54) is 0 Å². The van der Waals surface area contributed by atoms with Crippen molar-refractivity contribution in [3.05, 3.63) is 82.9 Å². The van der Waals surface area contributed by atoms with E-state index in [1.807, 2.05) is 80.6 Å². The maximum absolute atomic E-state index is 12.4. The van der Waals surface area contributed by atoms with Crippen molar-refractivity contribution in [3.63, 3.8) is 0 Å². The molecule has 1 amide bonds.